The van der Waals surface area contributed by atoms with Gasteiger partial charge in [0, 0.05) is 37.9 Å². The highest BCUT2D eigenvalue weighted by atomic mass is 16.2. The molecule has 1 fully saturated rings. The number of hydrogen-bond acceptors (Lipinski definition) is 4. The predicted molar refractivity (Wildman–Crippen MR) is 110 cm³/mol. The number of amides is 1. The Bertz CT molecular complexity index is 958. The largest absolute Gasteiger partial charge is 0.304 e. The molecule has 0 bridgehead atoms. The lowest BCUT2D eigenvalue weighted by molar-refractivity contribution is 0.0663. The molecule has 0 radical (unpaired) electrons. The van der Waals surface area contributed by atoms with E-state index in [0.717, 1.165) is 43.0 Å². The summed E-state index contributed by atoms with van der Waals surface area (Å²) >= 11 is 0. The maximum Gasteiger partial charge on any atom is 0.269 e. The summed E-state index contributed by atoms with van der Waals surface area (Å²) in [5.41, 5.74) is 7.34. The van der Waals surface area contributed by atoms with E-state index in [1.54, 1.807) is 4.68 Å². The summed E-state index contributed by atoms with van der Waals surface area (Å²) < 4.78 is 1.78. The number of nitrogens with zero attached hydrogens (tertiary/aromatic N) is 4. The summed E-state index contributed by atoms with van der Waals surface area (Å²) in [6.07, 6.45) is 1.82. The van der Waals surface area contributed by atoms with Crippen molar-refractivity contribution in [2.24, 2.45) is 0 Å². The van der Waals surface area contributed by atoms with Crippen LogP contribution in [0.25, 0.3) is 16.9 Å². The Morgan fingerprint density at radius 1 is 0.964 bits per heavy atom. The molecule has 28 heavy (non-hydrogen) atoms. The lowest BCUT2D eigenvalue weighted by Gasteiger charge is -2.32. The van der Waals surface area contributed by atoms with Crippen molar-refractivity contribution in [3.8, 4) is 16.9 Å². The third-order valence-electron chi connectivity index (χ3n) is 5.14. The fourth-order valence-electron chi connectivity index (χ4n) is 3.41. The summed E-state index contributed by atoms with van der Waals surface area (Å²) in [5, 5.41) is 6.76. The molecule has 3 aromatic rings. The molecule has 6 nitrogen and oxygen atoms in total. The third-order valence-corrected chi connectivity index (χ3v) is 5.14. The van der Waals surface area contributed by atoms with Gasteiger partial charge in [-0.1, -0.05) is 42.5 Å². The van der Waals surface area contributed by atoms with Crippen molar-refractivity contribution in [2.45, 2.75) is 6.92 Å². The molecular formula is C22H25N5O. The van der Waals surface area contributed by atoms with Gasteiger partial charge in [-0.2, -0.15) is 5.10 Å². The van der Waals surface area contributed by atoms with E-state index in [1.165, 1.54) is 0 Å². The van der Waals surface area contributed by atoms with Gasteiger partial charge in [0.05, 0.1) is 11.3 Å². The number of benzene rings is 2. The van der Waals surface area contributed by atoms with Gasteiger partial charge in [0.15, 0.2) is 0 Å². The number of hydrazine groups is 1. The molecule has 1 saturated heterocycles. The van der Waals surface area contributed by atoms with Crippen LogP contribution in [0, 0.1) is 6.92 Å². The maximum absolute atomic E-state index is 13.1. The maximum atomic E-state index is 13.1. The van der Waals surface area contributed by atoms with Gasteiger partial charge in [-0.05, 0) is 31.7 Å². The molecule has 2 aromatic carbocycles. The number of nitrogens with one attached hydrogen (secondary N) is 1. The van der Waals surface area contributed by atoms with Crippen LogP contribution >= 0.6 is 0 Å². The standard InChI is InChI=1S/C22H25N5O/c1-17-8-6-7-11-19(17)21-20(16-27(23-21)18-9-4-3-5-10-18)22(28)24-26-14-12-25(2)13-15-26/h3-11,16H,12-15H2,1-2H3,(H,24,28). The van der Waals surface area contributed by atoms with E-state index in [4.69, 9.17) is 5.10 Å². The molecule has 0 spiro atoms. The van der Waals surface area contributed by atoms with Gasteiger partial charge in [0.2, 0.25) is 0 Å². The Kier molecular flexibility index (Phi) is 5.23. The van der Waals surface area contributed by atoms with E-state index in [9.17, 15) is 4.79 Å². The first-order valence-corrected chi connectivity index (χ1v) is 9.57. The average Bonchev–Trinajstić information content (AvgIpc) is 3.16. The van der Waals surface area contributed by atoms with Gasteiger partial charge in [0.1, 0.15) is 5.69 Å². The highest BCUT2D eigenvalue weighted by Gasteiger charge is 2.22. The van der Waals surface area contributed by atoms with Crippen molar-refractivity contribution in [1.82, 2.24) is 25.1 Å². The highest BCUT2D eigenvalue weighted by Crippen LogP contribution is 2.26. The van der Waals surface area contributed by atoms with Crippen LogP contribution in [0.5, 0.6) is 0 Å². The summed E-state index contributed by atoms with van der Waals surface area (Å²) in [5.74, 6) is -0.120. The summed E-state index contributed by atoms with van der Waals surface area (Å²) in [7, 11) is 2.10. The Balaban J connectivity index is 1.69. The number of carbonyl (C=O) groups is 1. The molecule has 1 amide bonds. The van der Waals surface area contributed by atoms with Crippen molar-refractivity contribution in [3.05, 3.63) is 71.9 Å². The Morgan fingerprint density at radius 2 is 1.64 bits per heavy atom. The molecule has 0 saturated carbocycles. The number of carbonyl (C=O) groups excluding carboxylic acids is 1. The summed E-state index contributed by atoms with van der Waals surface area (Å²) in [6.45, 7) is 5.55. The Hall–Kier alpha value is -2.96. The van der Waals surface area contributed by atoms with Gasteiger partial charge in [-0.25, -0.2) is 9.69 Å². The molecule has 1 N–H and O–H groups in total. The molecule has 2 heterocycles. The molecule has 1 aromatic heterocycles. The Labute approximate surface area is 165 Å². The van der Waals surface area contributed by atoms with E-state index in [2.05, 4.69) is 17.4 Å². The minimum atomic E-state index is -0.120. The number of hydrogen-bond donors (Lipinski definition) is 1. The van der Waals surface area contributed by atoms with Crippen molar-refractivity contribution < 1.29 is 4.79 Å². The van der Waals surface area contributed by atoms with Crippen molar-refractivity contribution >= 4 is 5.91 Å². The number of aryl methyl sites for hydroxylation is 1. The quantitative estimate of drug-likeness (QED) is 0.762. The SMILES string of the molecule is Cc1ccccc1-c1nn(-c2ccccc2)cc1C(=O)NN1CCN(C)CC1. The van der Waals surface area contributed by atoms with Crippen LogP contribution in [0.15, 0.2) is 60.8 Å². The van der Waals surface area contributed by atoms with E-state index < -0.39 is 0 Å². The van der Waals surface area contributed by atoms with Gasteiger partial charge >= 0.3 is 0 Å². The molecule has 1 aliphatic heterocycles. The normalized spacial score (nSPS) is 15.5. The minimum absolute atomic E-state index is 0.120. The van der Waals surface area contributed by atoms with Crippen LogP contribution in [0.2, 0.25) is 0 Å². The average molecular weight is 375 g/mol. The van der Waals surface area contributed by atoms with Gasteiger partial charge in [0.25, 0.3) is 5.91 Å². The first-order valence-electron chi connectivity index (χ1n) is 9.57. The fourth-order valence-corrected chi connectivity index (χ4v) is 3.41. The molecular weight excluding hydrogens is 350 g/mol. The number of rotatable bonds is 4. The second-order valence-electron chi connectivity index (χ2n) is 7.22. The van der Waals surface area contributed by atoms with Gasteiger partial charge in [-0.3, -0.25) is 10.2 Å². The van der Waals surface area contributed by atoms with Gasteiger partial charge in [-0.15, -0.1) is 0 Å². The number of piperazine rings is 1. The predicted octanol–water partition coefficient (Wildman–Crippen LogP) is 2.74. The lowest BCUT2D eigenvalue weighted by atomic mass is 10.0. The van der Waals surface area contributed by atoms with Crippen LogP contribution < -0.4 is 5.43 Å². The molecule has 6 heteroatoms. The molecule has 0 atom stereocenters. The summed E-state index contributed by atoms with van der Waals surface area (Å²) in [4.78, 5) is 15.4. The minimum Gasteiger partial charge on any atom is -0.304 e. The second-order valence-corrected chi connectivity index (χ2v) is 7.22. The smallest absolute Gasteiger partial charge is 0.269 e. The molecule has 4 rings (SSSR count). The first-order chi connectivity index (χ1) is 13.6. The highest BCUT2D eigenvalue weighted by molar-refractivity contribution is 6.00. The summed E-state index contributed by atoms with van der Waals surface area (Å²) in [6, 6.07) is 17.9. The fraction of sp³-hybridized carbons (Fsp3) is 0.273. The van der Waals surface area contributed by atoms with Crippen LogP contribution in [-0.2, 0) is 0 Å². The van der Waals surface area contributed by atoms with E-state index in [-0.39, 0.29) is 5.91 Å². The van der Waals surface area contributed by atoms with Crippen molar-refractivity contribution in [1.29, 1.82) is 0 Å². The van der Waals surface area contributed by atoms with E-state index >= 15 is 0 Å². The van der Waals surface area contributed by atoms with Gasteiger partial charge < -0.3 is 4.90 Å². The van der Waals surface area contributed by atoms with E-state index in [0.29, 0.717) is 11.3 Å². The molecule has 0 unspecified atom stereocenters. The zero-order valence-electron chi connectivity index (χ0n) is 16.3. The zero-order chi connectivity index (χ0) is 19.5. The third kappa shape index (κ3) is 3.83. The van der Waals surface area contributed by atoms with Crippen molar-refractivity contribution in [3.63, 3.8) is 0 Å². The first kappa shape index (κ1) is 18.4. The van der Waals surface area contributed by atoms with Crippen LogP contribution in [0.4, 0.5) is 0 Å². The van der Waals surface area contributed by atoms with Crippen molar-refractivity contribution in [2.75, 3.05) is 33.2 Å². The van der Waals surface area contributed by atoms with Crippen LogP contribution in [0.1, 0.15) is 15.9 Å². The molecule has 1 aliphatic rings. The van der Waals surface area contributed by atoms with Crippen LogP contribution in [-0.4, -0.2) is 58.8 Å². The number of para-hydroxylation sites is 1. The second kappa shape index (κ2) is 7.96. The van der Waals surface area contributed by atoms with E-state index in [1.807, 2.05) is 72.7 Å². The monoisotopic (exact) mass is 375 g/mol. The Morgan fingerprint density at radius 3 is 2.36 bits per heavy atom. The number of likely N-dealkylation sites (N-methyl/N-ethyl adjacent to an activating group) is 1. The topological polar surface area (TPSA) is 53.4 Å². The van der Waals surface area contributed by atoms with Crippen LogP contribution in [0.3, 0.4) is 0 Å². The zero-order valence-corrected chi connectivity index (χ0v) is 16.3. The molecule has 0 aliphatic carbocycles. The molecule has 144 valence electrons. The lowest BCUT2D eigenvalue weighted by Crippen LogP contribution is -2.52. The number of aromatic nitrogens is 2.